The molecule has 0 fully saturated rings. The van der Waals surface area contributed by atoms with Crippen LogP contribution in [-0.4, -0.2) is 25.2 Å². The summed E-state index contributed by atoms with van der Waals surface area (Å²) in [6, 6.07) is 23.0. The second kappa shape index (κ2) is 6.60. The summed E-state index contributed by atoms with van der Waals surface area (Å²) in [7, 11) is 0. The molecule has 0 unspecified atom stereocenters. The molecule has 0 radical (unpaired) electrons. The van der Waals surface area contributed by atoms with Crippen LogP contribution in [0.3, 0.4) is 0 Å². The molecule has 1 heterocycles. The fourth-order valence-corrected chi connectivity index (χ4v) is 4.61. The third-order valence-electron chi connectivity index (χ3n) is 3.33. The molecule has 0 saturated carbocycles. The molecule has 1 aromatic heterocycles. The molecule has 0 saturated heterocycles. The van der Waals surface area contributed by atoms with Gasteiger partial charge < -0.3 is 0 Å². The van der Waals surface area contributed by atoms with Crippen LogP contribution in [0.5, 0.6) is 0 Å². The van der Waals surface area contributed by atoms with Crippen molar-refractivity contribution in [2.24, 2.45) is 0 Å². The minimum absolute atomic E-state index is 0.215. The van der Waals surface area contributed by atoms with Crippen LogP contribution in [0.1, 0.15) is 19.4 Å². The van der Waals surface area contributed by atoms with Crippen molar-refractivity contribution >= 4 is 14.5 Å². The normalized spacial score (nSPS) is 10.9. The SMILES string of the molecule is CC(C)(O)C#Cc1cc(-c2ccccc2)[se]c1-c1ccccc1. The summed E-state index contributed by atoms with van der Waals surface area (Å²) in [6.07, 6.45) is 0. The Morgan fingerprint density at radius 3 is 2.00 bits per heavy atom. The Morgan fingerprint density at radius 1 is 0.870 bits per heavy atom. The van der Waals surface area contributed by atoms with Gasteiger partial charge in [-0.2, -0.15) is 0 Å². The molecule has 2 heteroatoms. The molecule has 0 aliphatic heterocycles. The summed E-state index contributed by atoms with van der Waals surface area (Å²) in [6.45, 7) is 3.43. The molecule has 0 spiro atoms. The molecular weight excluding hydrogens is 347 g/mol. The summed E-state index contributed by atoms with van der Waals surface area (Å²) in [5, 5.41) is 9.91. The van der Waals surface area contributed by atoms with Gasteiger partial charge in [-0.05, 0) is 0 Å². The van der Waals surface area contributed by atoms with Crippen molar-refractivity contribution in [2.75, 3.05) is 0 Å². The molecule has 0 aliphatic rings. The standard InChI is InChI=1S/C21H18OSe/c1-21(2,22)14-13-18-15-19(16-9-5-3-6-10-16)23-20(18)17-11-7-4-8-12-17/h3-12,15,22H,1-2H3. The maximum absolute atomic E-state index is 9.91. The average Bonchev–Trinajstić information content (AvgIpc) is 2.98. The van der Waals surface area contributed by atoms with E-state index in [1.165, 1.54) is 20.0 Å². The summed E-state index contributed by atoms with van der Waals surface area (Å²) < 4.78 is 2.62. The molecule has 1 N–H and O–H groups in total. The van der Waals surface area contributed by atoms with E-state index in [4.69, 9.17) is 0 Å². The topological polar surface area (TPSA) is 20.2 Å². The number of aliphatic hydroxyl groups is 1. The zero-order chi connectivity index (χ0) is 16.3. The van der Waals surface area contributed by atoms with E-state index in [0.717, 1.165) is 5.56 Å². The zero-order valence-corrected chi connectivity index (χ0v) is 14.9. The van der Waals surface area contributed by atoms with E-state index in [1.807, 2.05) is 12.1 Å². The Hall–Kier alpha value is -2.04. The predicted octanol–water partition coefficient (Wildman–Crippen LogP) is 4.20. The summed E-state index contributed by atoms with van der Waals surface area (Å²) in [5.41, 5.74) is 2.51. The fraction of sp³-hybridized carbons (Fsp3) is 0.143. The second-order valence-electron chi connectivity index (χ2n) is 5.89. The van der Waals surface area contributed by atoms with E-state index in [-0.39, 0.29) is 14.5 Å². The third kappa shape index (κ3) is 4.03. The van der Waals surface area contributed by atoms with E-state index < -0.39 is 5.60 Å². The van der Waals surface area contributed by atoms with E-state index in [2.05, 4.69) is 66.4 Å². The first kappa shape index (κ1) is 15.8. The Kier molecular flexibility index (Phi) is 4.55. The van der Waals surface area contributed by atoms with Gasteiger partial charge in [-0.25, -0.2) is 0 Å². The molecular formula is C21H18OSe. The molecule has 0 aliphatic carbocycles. The van der Waals surface area contributed by atoms with Gasteiger partial charge in [0, 0.05) is 0 Å². The van der Waals surface area contributed by atoms with Crippen molar-refractivity contribution in [3.05, 3.63) is 72.3 Å². The van der Waals surface area contributed by atoms with Crippen molar-refractivity contribution in [2.45, 2.75) is 19.4 Å². The van der Waals surface area contributed by atoms with Crippen molar-refractivity contribution in [3.8, 4) is 31.8 Å². The van der Waals surface area contributed by atoms with E-state index in [1.54, 1.807) is 13.8 Å². The van der Waals surface area contributed by atoms with Crippen LogP contribution in [0.2, 0.25) is 0 Å². The average molecular weight is 365 g/mol. The molecule has 3 rings (SSSR count). The van der Waals surface area contributed by atoms with E-state index >= 15 is 0 Å². The summed E-state index contributed by atoms with van der Waals surface area (Å²) in [4.78, 5) is 0. The Labute approximate surface area is 143 Å². The van der Waals surface area contributed by atoms with Gasteiger partial charge in [0.1, 0.15) is 0 Å². The number of hydrogen-bond donors (Lipinski definition) is 1. The quantitative estimate of drug-likeness (QED) is 0.533. The molecule has 1 nitrogen and oxygen atoms in total. The van der Waals surface area contributed by atoms with Gasteiger partial charge in [0.05, 0.1) is 0 Å². The van der Waals surface area contributed by atoms with Crippen LogP contribution in [0.4, 0.5) is 0 Å². The van der Waals surface area contributed by atoms with Crippen LogP contribution < -0.4 is 0 Å². The Morgan fingerprint density at radius 2 is 1.43 bits per heavy atom. The van der Waals surface area contributed by atoms with Crippen LogP contribution in [0.15, 0.2) is 66.7 Å². The molecule has 3 aromatic rings. The van der Waals surface area contributed by atoms with Gasteiger partial charge in [-0.3, -0.25) is 0 Å². The molecule has 0 amide bonds. The monoisotopic (exact) mass is 366 g/mol. The van der Waals surface area contributed by atoms with Gasteiger partial charge in [-0.1, -0.05) is 0 Å². The van der Waals surface area contributed by atoms with Gasteiger partial charge in [0.2, 0.25) is 0 Å². The number of hydrogen-bond acceptors (Lipinski definition) is 1. The van der Waals surface area contributed by atoms with Gasteiger partial charge in [0.15, 0.2) is 0 Å². The molecule has 23 heavy (non-hydrogen) atoms. The van der Waals surface area contributed by atoms with Gasteiger partial charge in [-0.15, -0.1) is 0 Å². The zero-order valence-electron chi connectivity index (χ0n) is 13.2. The minimum atomic E-state index is -0.981. The Balaban J connectivity index is 2.12. The van der Waals surface area contributed by atoms with Crippen molar-refractivity contribution < 1.29 is 5.11 Å². The molecule has 2 aromatic carbocycles. The number of rotatable bonds is 2. The van der Waals surface area contributed by atoms with Crippen molar-refractivity contribution in [3.63, 3.8) is 0 Å². The van der Waals surface area contributed by atoms with Crippen LogP contribution in [0.25, 0.3) is 20.0 Å². The number of benzene rings is 2. The van der Waals surface area contributed by atoms with Crippen molar-refractivity contribution in [1.82, 2.24) is 0 Å². The predicted molar refractivity (Wildman–Crippen MR) is 97.4 cm³/mol. The summed E-state index contributed by atoms with van der Waals surface area (Å²) in [5.74, 6) is 6.14. The van der Waals surface area contributed by atoms with Crippen LogP contribution in [-0.2, 0) is 0 Å². The fourth-order valence-electron chi connectivity index (χ4n) is 2.25. The van der Waals surface area contributed by atoms with E-state index in [9.17, 15) is 5.11 Å². The van der Waals surface area contributed by atoms with Crippen LogP contribution in [0, 0.1) is 11.8 Å². The maximum atomic E-state index is 9.91. The van der Waals surface area contributed by atoms with Gasteiger partial charge >= 0.3 is 143 Å². The molecule has 0 bridgehead atoms. The first-order valence-corrected chi connectivity index (χ1v) is 9.24. The first-order valence-electron chi connectivity index (χ1n) is 7.53. The third-order valence-corrected chi connectivity index (χ3v) is 5.92. The van der Waals surface area contributed by atoms with E-state index in [0.29, 0.717) is 0 Å². The molecule has 0 atom stereocenters. The van der Waals surface area contributed by atoms with Crippen LogP contribution >= 0.6 is 0 Å². The first-order chi connectivity index (χ1) is 11.0. The van der Waals surface area contributed by atoms with Crippen molar-refractivity contribution in [1.29, 1.82) is 0 Å². The van der Waals surface area contributed by atoms with Gasteiger partial charge in [0.25, 0.3) is 0 Å². The summed E-state index contributed by atoms with van der Waals surface area (Å²) >= 11 is 0.215. The Bertz CT molecular complexity index is 844. The second-order valence-corrected chi connectivity index (χ2v) is 8.10. The molecule has 114 valence electrons.